The molecule has 4 aromatic rings. The van der Waals surface area contributed by atoms with Gasteiger partial charge in [-0.3, -0.25) is 9.48 Å². The fourth-order valence-corrected chi connectivity index (χ4v) is 4.37. The van der Waals surface area contributed by atoms with Gasteiger partial charge in [0.25, 0.3) is 5.91 Å². The molecule has 0 unspecified atom stereocenters. The molecule has 0 aliphatic rings. The summed E-state index contributed by atoms with van der Waals surface area (Å²) in [4.78, 5) is 20.7. The molecule has 0 spiro atoms. The molecular weight excluding hydrogens is 450 g/mol. The van der Waals surface area contributed by atoms with Gasteiger partial charge in [-0.2, -0.15) is 10.2 Å². The van der Waals surface area contributed by atoms with Crippen molar-refractivity contribution in [3.05, 3.63) is 65.1 Å². The zero-order chi connectivity index (χ0) is 25.8. The number of pyridine rings is 1. The average Bonchev–Trinajstić information content (AvgIpc) is 3.44. The van der Waals surface area contributed by atoms with Crippen LogP contribution in [-0.4, -0.2) is 48.9 Å². The van der Waals surface area contributed by atoms with Crippen LogP contribution in [0.2, 0.25) is 0 Å². The second-order valence-electron chi connectivity index (χ2n) is 9.83. The summed E-state index contributed by atoms with van der Waals surface area (Å²) in [7, 11) is 4.05. The Labute approximate surface area is 213 Å². The number of hydrogen-bond acceptors (Lipinski definition) is 5. The van der Waals surface area contributed by atoms with Gasteiger partial charge in [-0.05, 0) is 58.5 Å². The smallest absolute Gasteiger partial charge is 0.252 e. The number of aryl methyl sites for hydroxylation is 1. The van der Waals surface area contributed by atoms with E-state index in [1.54, 1.807) is 12.4 Å². The minimum absolute atomic E-state index is 0.123. The summed E-state index contributed by atoms with van der Waals surface area (Å²) in [5.41, 5.74) is 6.31. The monoisotopic (exact) mass is 487 g/mol. The van der Waals surface area contributed by atoms with E-state index in [1.807, 2.05) is 29.4 Å². The molecule has 0 saturated heterocycles. The summed E-state index contributed by atoms with van der Waals surface area (Å²) < 4.78 is 3.69. The first-order chi connectivity index (χ1) is 17.3. The highest BCUT2D eigenvalue weighted by atomic mass is 16.1. The number of benzene rings is 1. The minimum Gasteiger partial charge on any atom is -0.348 e. The normalized spacial score (nSPS) is 11.7. The molecule has 0 saturated carbocycles. The topological polar surface area (TPSA) is 80.9 Å². The van der Waals surface area contributed by atoms with Gasteiger partial charge >= 0.3 is 0 Å². The van der Waals surface area contributed by atoms with E-state index in [9.17, 15) is 4.79 Å². The van der Waals surface area contributed by atoms with Gasteiger partial charge in [0, 0.05) is 43.0 Å². The number of carbonyl (C=O) groups is 1. The van der Waals surface area contributed by atoms with Crippen molar-refractivity contribution in [1.29, 1.82) is 0 Å². The van der Waals surface area contributed by atoms with Gasteiger partial charge in [-0.25, -0.2) is 9.67 Å². The van der Waals surface area contributed by atoms with Crippen molar-refractivity contribution in [3.63, 3.8) is 0 Å². The maximum absolute atomic E-state index is 13.4. The molecular formula is C28H37N7O. The predicted octanol–water partition coefficient (Wildman–Crippen LogP) is 4.88. The molecule has 1 N–H and O–H groups in total. The van der Waals surface area contributed by atoms with Crippen molar-refractivity contribution < 1.29 is 4.79 Å². The first-order valence-electron chi connectivity index (χ1n) is 12.7. The van der Waals surface area contributed by atoms with Gasteiger partial charge < -0.3 is 10.2 Å². The average molecular weight is 488 g/mol. The van der Waals surface area contributed by atoms with Crippen LogP contribution in [-0.2, 0) is 20.1 Å². The molecule has 36 heavy (non-hydrogen) atoms. The van der Waals surface area contributed by atoms with E-state index >= 15 is 0 Å². The number of fused-ring (bicyclic) bond motifs is 1. The molecule has 8 heteroatoms. The lowest BCUT2D eigenvalue weighted by atomic mass is 10.0. The quantitative estimate of drug-likeness (QED) is 0.345. The van der Waals surface area contributed by atoms with Crippen molar-refractivity contribution in [1.82, 2.24) is 34.8 Å². The molecule has 0 bridgehead atoms. The molecule has 3 aromatic heterocycles. The fourth-order valence-electron chi connectivity index (χ4n) is 4.37. The third-order valence-electron chi connectivity index (χ3n) is 6.65. The van der Waals surface area contributed by atoms with Crippen molar-refractivity contribution in [3.8, 4) is 11.3 Å². The lowest BCUT2D eigenvalue weighted by molar-refractivity contribution is 0.0952. The van der Waals surface area contributed by atoms with Crippen molar-refractivity contribution in [2.45, 2.75) is 59.7 Å². The molecule has 1 amide bonds. The van der Waals surface area contributed by atoms with E-state index in [4.69, 9.17) is 4.98 Å². The van der Waals surface area contributed by atoms with Crippen molar-refractivity contribution in [2.75, 3.05) is 13.6 Å². The lowest BCUT2D eigenvalue weighted by Gasteiger charge is -2.17. The molecule has 0 atom stereocenters. The van der Waals surface area contributed by atoms with E-state index in [0.717, 1.165) is 46.6 Å². The maximum atomic E-state index is 13.4. The largest absolute Gasteiger partial charge is 0.348 e. The first kappa shape index (κ1) is 25.6. The molecule has 0 fully saturated rings. The highest BCUT2D eigenvalue weighted by molar-refractivity contribution is 6.06. The Morgan fingerprint density at radius 2 is 1.97 bits per heavy atom. The molecule has 1 aromatic carbocycles. The number of carbonyl (C=O) groups excluding carboxylic acids is 1. The summed E-state index contributed by atoms with van der Waals surface area (Å²) in [5, 5.41) is 12.6. The zero-order valence-electron chi connectivity index (χ0n) is 22.2. The second kappa shape index (κ2) is 11.0. The van der Waals surface area contributed by atoms with Crippen molar-refractivity contribution in [2.24, 2.45) is 7.05 Å². The number of nitrogens with one attached hydrogen (secondary N) is 1. The fraction of sp³-hybridized carbons (Fsp3) is 0.429. The Morgan fingerprint density at radius 1 is 1.17 bits per heavy atom. The summed E-state index contributed by atoms with van der Waals surface area (Å²) in [6.07, 6.45) is 5.91. The number of unbranched alkanes of at least 4 members (excludes halogenated alkanes) is 1. The van der Waals surface area contributed by atoms with Gasteiger partial charge in [0.2, 0.25) is 0 Å². The van der Waals surface area contributed by atoms with Crippen LogP contribution in [0.25, 0.3) is 22.3 Å². The van der Waals surface area contributed by atoms with Crippen LogP contribution in [0, 0.1) is 6.92 Å². The molecule has 0 aliphatic heterocycles. The standard InChI is InChI=1S/C28H37N7O/c1-7-8-12-33(5)18-21-10-9-11-22(13-21)26-14-24(25-17-31-35(19(2)3)27(25)32-26)28(36)29-15-23-16-30-34(6)20(23)4/h9-11,13-14,16-17,19H,7-8,12,15,18H2,1-6H3,(H,29,36). The highest BCUT2D eigenvalue weighted by Gasteiger charge is 2.19. The van der Waals surface area contributed by atoms with Gasteiger partial charge in [0.1, 0.15) is 0 Å². The zero-order valence-corrected chi connectivity index (χ0v) is 22.2. The number of aromatic nitrogens is 5. The van der Waals surface area contributed by atoms with Crippen LogP contribution in [0.15, 0.2) is 42.7 Å². The van der Waals surface area contributed by atoms with Gasteiger partial charge in [0.05, 0.1) is 29.0 Å². The van der Waals surface area contributed by atoms with E-state index < -0.39 is 0 Å². The number of amides is 1. The summed E-state index contributed by atoms with van der Waals surface area (Å²) in [6, 6.07) is 10.5. The minimum atomic E-state index is -0.148. The third-order valence-corrected chi connectivity index (χ3v) is 6.65. The summed E-state index contributed by atoms with van der Waals surface area (Å²) in [5.74, 6) is -0.148. The Bertz CT molecular complexity index is 1350. The van der Waals surface area contributed by atoms with Gasteiger partial charge in [-0.15, -0.1) is 0 Å². The van der Waals surface area contributed by atoms with Gasteiger partial charge in [-0.1, -0.05) is 31.5 Å². The van der Waals surface area contributed by atoms with Crippen LogP contribution in [0.1, 0.15) is 66.8 Å². The molecule has 8 nitrogen and oxygen atoms in total. The molecule has 190 valence electrons. The Hall–Kier alpha value is -3.52. The second-order valence-corrected chi connectivity index (χ2v) is 9.83. The molecule has 3 heterocycles. The van der Waals surface area contributed by atoms with Crippen LogP contribution in [0.5, 0.6) is 0 Å². The van der Waals surface area contributed by atoms with Crippen LogP contribution in [0.3, 0.4) is 0 Å². The Balaban J connectivity index is 1.69. The van der Waals surface area contributed by atoms with E-state index in [2.05, 4.69) is 72.5 Å². The Kier molecular flexibility index (Phi) is 7.84. The van der Waals surface area contributed by atoms with Crippen LogP contribution in [0.4, 0.5) is 0 Å². The molecule has 0 radical (unpaired) electrons. The van der Waals surface area contributed by atoms with Crippen LogP contribution < -0.4 is 5.32 Å². The third kappa shape index (κ3) is 5.49. The predicted molar refractivity (Wildman–Crippen MR) is 144 cm³/mol. The highest BCUT2D eigenvalue weighted by Crippen LogP contribution is 2.27. The van der Waals surface area contributed by atoms with Crippen molar-refractivity contribution >= 4 is 16.9 Å². The van der Waals surface area contributed by atoms with E-state index in [0.29, 0.717) is 12.1 Å². The maximum Gasteiger partial charge on any atom is 0.252 e. The first-order valence-corrected chi connectivity index (χ1v) is 12.7. The Morgan fingerprint density at radius 3 is 2.67 bits per heavy atom. The number of hydrogen-bond donors (Lipinski definition) is 1. The summed E-state index contributed by atoms with van der Waals surface area (Å²) in [6.45, 7) is 10.7. The molecule has 0 aliphatic carbocycles. The van der Waals surface area contributed by atoms with Gasteiger partial charge in [0.15, 0.2) is 5.65 Å². The number of rotatable bonds is 10. The lowest BCUT2D eigenvalue weighted by Crippen LogP contribution is -2.23. The van der Waals surface area contributed by atoms with Crippen LogP contribution >= 0.6 is 0 Å². The van der Waals surface area contributed by atoms with E-state index in [-0.39, 0.29) is 11.9 Å². The number of nitrogens with zero attached hydrogens (tertiary/aromatic N) is 6. The summed E-state index contributed by atoms with van der Waals surface area (Å²) >= 11 is 0. The molecule has 4 rings (SSSR count). The van der Waals surface area contributed by atoms with E-state index in [1.165, 1.54) is 18.4 Å². The SMILES string of the molecule is CCCCN(C)Cc1cccc(-c2cc(C(=O)NCc3cnn(C)c3C)c3cnn(C(C)C)c3n2)c1.